The van der Waals surface area contributed by atoms with Crippen LogP contribution in [0, 0.1) is 5.92 Å². The Kier molecular flexibility index (Phi) is 6.44. The number of carbonyl (C=O) groups excluding carboxylic acids is 1. The molecule has 0 spiro atoms. The van der Waals surface area contributed by atoms with E-state index >= 15 is 0 Å². The van der Waals surface area contributed by atoms with Gasteiger partial charge in [-0.2, -0.15) is 13.2 Å². The molecule has 3 aromatic rings. The van der Waals surface area contributed by atoms with Crippen molar-refractivity contribution >= 4 is 17.7 Å². The highest BCUT2D eigenvalue weighted by Gasteiger charge is 2.61. The van der Waals surface area contributed by atoms with Crippen molar-refractivity contribution in [2.45, 2.75) is 55.7 Å². The molecule has 0 saturated heterocycles. The third-order valence-corrected chi connectivity index (χ3v) is 8.19. The standard InChI is InChI=1S/C30H29F3N2O2/c1-2-25-26(9-6-16-34-25)35-27(36)22-11-13-24-21(17-22)10-12-23-19-29(37,30(31,32)33)15-14-28(23,24)18-20-7-4-3-5-8-20/h2-9,11,13,16-17,23,37H,1,10,12,14-15,18-19H2,(H,35,36)/t23-,28+,29-/m1/s1. The third kappa shape index (κ3) is 4.57. The van der Waals surface area contributed by atoms with Gasteiger partial charge in [0.05, 0.1) is 11.4 Å². The molecule has 192 valence electrons. The Hall–Kier alpha value is -3.45. The minimum Gasteiger partial charge on any atom is -0.380 e. The lowest BCUT2D eigenvalue weighted by molar-refractivity contribution is -0.279. The van der Waals surface area contributed by atoms with Gasteiger partial charge in [-0.05, 0) is 91.5 Å². The van der Waals surface area contributed by atoms with Crippen molar-refractivity contribution in [2.75, 3.05) is 5.32 Å². The van der Waals surface area contributed by atoms with Crippen LogP contribution < -0.4 is 5.32 Å². The number of fused-ring (bicyclic) bond motifs is 3. The number of aromatic nitrogens is 1. The van der Waals surface area contributed by atoms with Gasteiger partial charge in [-0.1, -0.05) is 43.0 Å². The van der Waals surface area contributed by atoms with Crippen LogP contribution >= 0.6 is 0 Å². The molecule has 0 unspecified atom stereocenters. The van der Waals surface area contributed by atoms with Gasteiger partial charge in [0, 0.05) is 17.2 Å². The molecule has 1 heterocycles. The Morgan fingerprint density at radius 1 is 1.14 bits per heavy atom. The van der Waals surface area contributed by atoms with Gasteiger partial charge >= 0.3 is 6.18 Å². The number of rotatable bonds is 5. The second kappa shape index (κ2) is 9.45. The van der Waals surface area contributed by atoms with Gasteiger partial charge in [-0.3, -0.25) is 9.78 Å². The van der Waals surface area contributed by atoms with E-state index in [1.54, 1.807) is 30.5 Å². The van der Waals surface area contributed by atoms with Crippen molar-refractivity contribution in [3.8, 4) is 0 Å². The zero-order chi connectivity index (χ0) is 26.3. The number of hydrogen-bond acceptors (Lipinski definition) is 3. The predicted octanol–water partition coefficient (Wildman–Crippen LogP) is 6.50. The van der Waals surface area contributed by atoms with E-state index in [0.717, 1.165) is 16.7 Å². The monoisotopic (exact) mass is 506 g/mol. The molecule has 37 heavy (non-hydrogen) atoms. The second-order valence-electron chi connectivity index (χ2n) is 10.3. The lowest BCUT2D eigenvalue weighted by Crippen LogP contribution is -2.56. The number of benzene rings is 2. The van der Waals surface area contributed by atoms with Crippen LogP contribution in [0.25, 0.3) is 6.08 Å². The Labute approximate surface area is 214 Å². The molecule has 2 aliphatic rings. The van der Waals surface area contributed by atoms with Crippen LogP contribution in [0.15, 0.2) is 73.4 Å². The first kappa shape index (κ1) is 25.2. The molecule has 1 amide bonds. The number of amides is 1. The van der Waals surface area contributed by atoms with E-state index in [1.165, 1.54) is 0 Å². The van der Waals surface area contributed by atoms with Crippen molar-refractivity contribution in [1.29, 1.82) is 0 Å². The topological polar surface area (TPSA) is 62.2 Å². The number of aliphatic hydroxyl groups is 1. The summed E-state index contributed by atoms with van der Waals surface area (Å²) in [5.74, 6) is -0.612. The minimum atomic E-state index is -4.66. The summed E-state index contributed by atoms with van der Waals surface area (Å²) in [5.41, 5.74) is 1.41. The SMILES string of the molecule is C=Cc1ncccc1NC(=O)c1ccc2c(c1)CC[C@@H]1C[C@@](O)(C(F)(F)F)CC[C@@]21Cc1ccccc1. The Morgan fingerprint density at radius 2 is 1.92 bits per heavy atom. The predicted molar refractivity (Wildman–Crippen MR) is 137 cm³/mol. The van der Waals surface area contributed by atoms with E-state index in [4.69, 9.17) is 0 Å². The largest absolute Gasteiger partial charge is 0.417 e. The number of halogens is 3. The van der Waals surface area contributed by atoms with E-state index in [-0.39, 0.29) is 31.1 Å². The fourth-order valence-electron chi connectivity index (χ4n) is 6.26. The highest BCUT2D eigenvalue weighted by Crippen LogP contribution is 2.57. The Morgan fingerprint density at radius 3 is 2.65 bits per heavy atom. The van der Waals surface area contributed by atoms with Crippen LogP contribution in [-0.2, 0) is 18.3 Å². The molecule has 2 aliphatic carbocycles. The molecular weight excluding hydrogens is 477 g/mol. The maximum absolute atomic E-state index is 13.8. The molecule has 0 bridgehead atoms. The summed E-state index contributed by atoms with van der Waals surface area (Å²) in [4.78, 5) is 17.3. The minimum absolute atomic E-state index is 0.222. The summed E-state index contributed by atoms with van der Waals surface area (Å²) in [7, 11) is 0. The van der Waals surface area contributed by atoms with Crippen molar-refractivity contribution in [1.82, 2.24) is 4.98 Å². The van der Waals surface area contributed by atoms with Crippen LogP contribution in [0.4, 0.5) is 18.9 Å². The van der Waals surface area contributed by atoms with Gasteiger partial charge in [0.1, 0.15) is 0 Å². The third-order valence-electron chi connectivity index (χ3n) is 8.19. The summed E-state index contributed by atoms with van der Waals surface area (Å²) in [6.45, 7) is 3.73. The Bertz CT molecular complexity index is 1320. The number of aryl methyl sites for hydroxylation is 1. The van der Waals surface area contributed by atoms with E-state index in [1.807, 2.05) is 42.5 Å². The number of carbonyl (C=O) groups is 1. The first-order valence-corrected chi connectivity index (χ1v) is 12.5. The summed E-state index contributed by atoms with van der Waals surface area (Å²) < 4.78 is 41.4. The molecule has 1 saturated carbocycles. The highest BCUT2D eigenvalue weighted by molar-refractivity contribution is 6.05. The van der Waals surface area contributed by atoms with Crippen molar-refractivity contribution in [3.63, 3.8) is 0 Å². The number of nitrogens with one attached hydrogen (secondary N) is 1. The van der Waals surface area contributed by atoms with Gasteiger partial charge < -0.3 is 10.4 Å². The summed E-state index contributed by atoms with van der Waals surface area (Å²) >= 11 is 0. The average molecular weight is 507 g/mol. The molecule has 2 N–H and O–H groups in total. The molecule has 7 heteroatoms. The molecule has 3 atom stereocenters. The van der Waals surface area contributed by atoms with Crippen molar-refractivity contribution in [3.05, 3.63) is 101 Å². The van der Waals surface area contributed by atoms with Gasteiger partial charge in [0.15, 0.2) is 5.60 Å². The smallest absolute Gasteiger partial charge is 0.380 e. The van der Waals surface area contributed by atoms with Crippen LogP contribution in [0.2, 0.25) is 0 Å². The summed E-state index contributed by atoms with van der Waals surface area (Å²) in [6.07, 6.45) is -0.237. The first-order valence-electron chi connectivity index (χ1n) is 12.5. The van der Waals surface area contributed by atoms with Crippen LogP contribution in [0.5, 0.6) is 0 Å². The van der Waals surface area contributed by atoms with Gasteiger partial charge in [0.25, 0.3) is 5.91 Å². The molecule has 5 rings (SSSR count). The van der Waals surface area contributed by atoms with Gasteiger partial charge in [-0.15, -0.1) is 0 Å². The molecule has 0 radical (unpaired) electrons. The maximum Gasteiger partial charge on any atom is 0.417 e. The zero-order valence-corrected chi connectivity index (χ0v) is 20.4. The number of alkyl halides is 3. The van der Waals surface area contributed by atoms with Crippen LogP contribution in [0.3, 0.4) is 0 Å². The summed E-state index contributed by atoms with van der Waals surface area (Å²) in [5, 5.41) is 13.5. The fraction of sp³-hybridized carbons (Fsp3) is 0.333. The number of hydrogen-bond donors (Lipinski definition) is 2. The zero-order valence-electron chi connectivity index (χ0n) is 20.4. The molecular formula is C30H29F3N2O2. The maximum atomic E-state index is 13.8. The van der Waals surface area contributed by atoms with Crippen molar-refractivity contribution in [2.24, 2.45) is 5.92 Å². The Balaban J connectivity index is 1.50. The summed E-state index contributed by atoms with van der Waals surface area (Å²) in [6, 6.07) is 18.8. The van der Waals surface area contributed by atoms with E-state index in [9.17, 15) is 23.1 Å². The molecule has 1 fully saturated rings. The normalized spacial score (nSPS) is 25.0. The van der Waals surface area contributed by atoms with Gasteiger partial charge in [-0.25, -0.2) is 0 Å². The van der Waals surface area contributed by atoms with E-state index in [2.05, 4.69) is 16.9 Å². The fourth-order valence-corrected chi connectivity index (χ4v) is 6.26. The van der Waals surface area contributed by atoms with Crippen LogP contribution in [-0.4, -0.2) is 27.8 Å². The molecule has 0 aliphatic heterocycles. The average Bonchev–Trinajstić information content (AvgIpc) is 2.89. The van der Waals surface area contributed by atoms with Crippen molar-refractivity contribution < 1.29 is 23.1 Å². The van der Waals surface area contributed by atoms with E-state index in [0.29, 0.717) is 36.2 Å². The first-order chi connectivity index (χ1) is 17.6. The number of pyridine rings is 1. The second-order valence-corrected chi connectivity index (χ2v) is 10.3. The molecule has 4 nitrogen and oxygen atoms in total. The van der Waals surface area contributed by atoms with Crippen LogP contribution in [0.1, 0.15) is 58.4 Å². The lowest BCUT2D eigenvalue weighted by Gasteiger charge is -2.53. The number of nitrogens with zero attached hydrogens (tertiary/aromatic N) is 1. The number of anilines is 1. The highest BCUT2D eigenvalue weighted by atomic mass is 19.4. The molecule has 2 aromatic carbocycles. The van der Waals surface area contributed by atoms with E-state index < -0.39 is 17.2 Å². The lowest BCUT2D eigenvalue weighted by atomic mass is 9.52. The molecule has 1 aromatic heterocycles. The van der Waals surface area contributed by atoms with Gasteiger partial charge in [0.2, 0.25) is 0 Å². The quantitative estimate of drug-likeness (QED) is 0.415.